The topological polar surface area (TPSA) is 41.1 Å². The van der Waals surface area contributed by atoms with Crippen molar-refractivity contribution < 1.29 is 4.79 Å². The van der Waals surface area contributed by atoms with Crippen molar-refractivity contribution in [3.8, 4) is 0 Å². The third-order valence-electron chi connectivity index (χ3n) is 3.71. The van der Waals surface area contributed by atoms with Crippen molar-refractivity contribution in [3.63, 3.8) is 0 Å². The van der Waals surface area contributed by atoms with Gasteiger partial charge in [0.15, 0.2) is 0 Å². The highest BCUT2D eigenvalue weighted by atomic mass is 35.5. The van der Waals surface area contributed by atoms with Crippen molar-refractivity contribution in [2.24, 2.45) is 0 Å². The lowest BCUT2D eigenvalue weighted by Gasteiger charge is -2.32. The molecule has 1 amide bonds. The molecule has 0 radical (unpaired) electrons. The van der Waals surface area contributed by atoms with Gasteiger partial charge >= 0.3 is 0 Å². The minimum atomic E-state index is -0.484. The number of halogens is 2. The molecule has 0 aliphatic carbocycles. The molecule has 90 valence electrons. The average molecular weight is 271 g/mol. The monoisotopic (exact) mass is 270 g/mol. The molecule has 1 aromatic rings. The van der Waals surface area contributed by atoms with Gasteiger partial charge in [0.1, 0.15) is 0 Å². The number of carbonyl (C=O) groups excluding carboxylic acids is 1. The number of benzene rings is 1. The average Bonchev–Trinajstić information content (AvgIpc) is 2.61. The van der Waals surface area contributed by atoms with Gasteiger partial charge in [-0.3, -0.25) is 4.79 Å². The normalized spacial score (nSPS) is 21.4. The number of piperidine rings is 1. The van der Waals surface area contributed by atoms with Crippen molar-refractivity contribution in [1.29, 1.82) is 0 Å². The lowest BCUT2D eigenvalue weighted by molar-refractivity contribution is -0.121. The number of fused-ring (bicyclic) bond motifs is 2. The highest BCUT2D eigenvalue weighted by Gasteiger charge is 2.49. The molecule has 2 aliphatic rings. The predicted molar refractivity (Wildman–Crippen MR) is 68.9 cm³/mol. The number of amides is 1. The number of hydrogen-bond donors (Lipinski definition) is 2. The Morgan fingerprint density at radius 3 is 2.47 bits per heavy atom. The third kappa shape index (κ3) is 1.49. The van der Waals surface area contributed by atoms with E-state index < -0.39 is 5.41 Å². The van der Waals surface area contributed by atoms with E-state index in [4.69, 9.17) is 23.2 Å². The van der Waals surface area contributed by atoms with Crippen LogP contribution in [0.4, 0.5) is 5.69 Å². The molecule has 3 nitrogen and oxygen atoms in total. The molecule has 0 saturated carbocycles. The quantitative estimate of drug-likeness (QED) is 0.761. The Hall–Kier alpha value is -0.770. The molecule has 0 bridgehead atoms. The van der Waals surface area contributed by atoms with E-state index in [-0.39, 0.29) is 5.91 Å². The molecule has 2 heterocycles. The smallest absolute Gasteiger partial charge is 0.235 e. The maximum Gasteiger partial charge on any atom is 0.235 e. The molecule has 5 heteroatoms. The maximum absolute atomic E-state index is 12.3. The van der Waals surface area contributed by atoms with Crippen molar-refractivity contribution in [3.05, 3.63) is 27.7 Å². The van der Waals surface area contributed by atoms with Gasteiger partial charge in [-0.05, 0) is 38.1 Å². The van der Waals surface area contributed by atoms with Crippen LogP contribution in [0.2, 0.25) is 10.0 Å². The second kappa shape index (κ2) is 3.87. The Morgan fingerprint density at radius 2 is 1.76 bits per heavy atom. The van der Waals surface area contributed by atoms with Crippen molar-refractivity contribution in [2.75, 3.05) is 18.4 Å². The van der Waals surface area contributed by atoms with E-state index in [0.717, 1.165) is 31.5 Å². The zero-order valence-electron chi connectivity index (χ0n) is 9.15. The standard InChI is InChI=1S/C12H12Cl2N2O/c13-7-1-2-8(14)10-9(7)12(11(17)16-10)3-5-15-6-4-12/h1-2,15H,3-6H2,(H,16,17). The highest BCUT2D eigenvalue weighted by Crippen LogP contribution is 2.49. The molecule has 1 fully saturated rings. The number of hydrogen-bond acceptors (Lipinski definition) is 2. The lowest BCUT2D eigenvalue weighted by Crippen LogP contribution is -2.44. The second-order valence-electron chi connectivity index (χ2n) is 4.57. The fourth-order valence-electron chi connectivity index (χ4n) is 2.82. The first kappa shape index (κ1) is 11.3. The van der Waals surface area contributed by atoms with Gasteiger partial charge in [0, 0.05) is 10.6 Å². The van der Waals surface area contributed by atoms with Crippen LogP contribution in [0.3, 0.4) is 0 Å². The van der Waals surface area contributed by atoms with Gasteiger partial charge in [0.25, 0.3) is 0 Å². The second-order valence-corrected chi connectivity index (χ2v) is 5.38. The molecule has 0 atom stereocenters. The van der Waals surface area contributed by atoms with Crippen molar-refractivity contribution >= 4 is 34.8 Å². The predicted octanol–water partition coefficient (Wildman–Crippen LogP) is 2.57. The first-order valence-electron chi connectivity index (χ1n) is 5.66. The van der Waals surface area contributed by atoms with E-state index in [0.29, 0.717) is 15.7 Å². The molecule has 17 heavy (non-hydrogen) atoms. The van der Waals surface area contributed by atoms with Crippen LogP contribution in [0.15, 0.2) is 12.1 Å². The van der Waals surface area contributed by atoms with Gasteiger partial charge in [-0.25, -0.2) is 0 Å². The molecule has 0 aromatic heterocycles. The van der Waals surface area contributed by atoms with Crippen LogP contribution in [-0.4, -0.2) is 19.0 Å². The number of anilines is 1. The van der Waals surface area contributed by atoms with Gasteiger partial charge in [-0.15, -0.1) is 0 Å². The maximum atomic E-state index is 12.3. The molecule has 1 saturated heterocycles. The van der Waals surface area contributed by atoms with Gasteiger partial charge in [-0.1, -0.05) is 23.2 Å². The van der Waals surface area contributed by atoms with Gasteiger partial charge in [-0.2, -0.15) is 0 Å². The number of nitrogens with one attached hydrogen (secondary N) is 2. The largest absolute Gasteiger partial charge is 0.324 e. The van der Waals surface area contributed by atoms with Crippen LogP contribution in [0, 0.1) is 0 Å². The Morgan fingerprint density at radius 1 is 1.12 bits per heavy atom. The van der Waals surface area contributed by atoms with Crippen LogP contribution < -0.4 is 10.6 Å². The Bertz CT molecular complexity index is 496. The summed E-state index contributed by atoms with van der Waals surface area (Å²) in [6, 6.07) is 3.50. The number of rotatable bonds is 0. The number of carbonyl (C=O) groups is 1. The minimum Gasteiger partial charge on any atom is -0.324 e. The highest BCUT2D eigenvalue weighted by molar-refractivity contribution is 6.38. The van der Waals surface area contributed by atoms with Gasteiger partial charge in [0.2, 0.25) is 5.91 Å². The fourth-order valence-corrected chi connectivity index (χ4v) is 3.36. The van der Waals surface area contributed by atoms with E-state index in [1.807, 2.05) is 0 Å². The van der Waals surface area contributed by atoms with E-state index in [2.05, 4.69) is 10.6 Å². The van der Waals surface area contributed by atoms with Crippen LogP contribution in [-0.2, 0) is 10.2 Å². The zero-order valence-corrected chi connectivity index (χ0v) is 10.7. The summed E-state index contributed by atoms with van der Waals surface area (Å²) in [4.78, 5) is 12.3. The summed E-state index contributed by atoms with van der Waals surface area (Å²) in [6.45, 7) is 1.66. The van der Waals surface area contributed by atoms with E-state index in [1.54, 1.807) is 12.1 Å². The zero-order chi connectivity index (χ0) is 12.0. The Labute approximate surface area is 109 Å². The van der Waals surface area contributed by atoms with Crippen LogP contribution in [0.1, 0.15) is 18.4 Å². The summed E-state index contributed by atoms with van der Waals surface area (Å²) >= 11 is 12.4. The van der Waals surface area contributed by atoms with Crippen LogP contribution >= 0.6 is 23.2 Å². The molecule has 1 aromatic carbocycles. The summed E-state index contributed by atoms with van der Waals surface area (Å²) in [5, 5.41) is 7.34. The summed E-state index contributed by atoms with van der Waals surface area (Å²) in [5.41, 5.74) is 1.10. The molecule has 0 unspecified atom stereocenters. The SMILES string of the molecule is O=C1Nc2c(Cl)ccc(Cl)c2C12CCNCC2. The Kier molecular flexibility index (Phi) is 2.58. The van der Waals surface area contributed by atoms with Gasteiger partial charge in [0.05, 0.1) is 16.1 Å². The fraction of sp³-hybridized carbons (Fsp3) is 0.417. The summed E-state index contributed by atoms with van der Waals surface area (Å²) in [6.07, 6.45) is 1.54. The minimum absolute atomic E-state index is 0.0315. The van der Waals surface area contributed by atoms with Crippen LogP contribution in [0.25, 0.3) is 0 Å². The first-order chi connectivity index (χ1) is 8.15. The molecule has 2 N–H and O–H groups in total. The van der Waals surface area contributed by atoms with E-state index >= 15 is 0 Å². The van der Waals surface area contributed by atoms with Crippen LogP contribution in [0.5, 0.6) is 0 Å². The molecule has 2 aliphatic heterocycles. The lowest BCUT2D eigenvalue weighted by atomic mass is 9.74. The van der Waals surface area contributed by atoms with Crippen molar-refractivity contribution in [1.82, 2.24) is 5.32 Å². The third-order valence-corrected chi connectivity index (χ3v) is 4.34. The Balaban J connectivity index is 2.21. The molecular weight excluding hydrogens is 259 g/mol. The molecule has 1 spiro atoms. The van der Waals surface area contributed by atoms with E-state index in [1.165, 1.54) is 0 Å². The molecule has 3 rings (SSSR count). The van der Waals surface area contributed by atoms with Gasteiger partial charge < -0.3 is 10.6 Å². The van der Waals surface area contributed by atoms with E-state index in [9.17, 15) is 4.79 Å². The first-order valence-corrected chi connectivity index (χ1v) is 6.41. The summed E-state index contributed by atoms with van der Waals surface area (Å²) in [5.74, 6) is 0.0315. The summed E-state index contributed by atoms with van der Waals surface area (Å²) < 4.78 is 0. The summed E-state index contributed by atoms with van der Waals surface area (Å²) in [7, 11) is 0. The van der Waals surface area contributed by atoms with Crippen molar-refractivity contribution in [2.45, 2.75) is 18.3 Å². The molecular formula is C12H12Cl2N2O.